The Bertz CT molecular complexity index is 572. The van der Waals surface area contributed by atoms with Gasteiger partial charge >= 0.3 is 0 Å². The van der Waals surface area contributed by atoms with Crippen molar-refractivity contribution in [2.75, 3.05) is 53.6 Å². The molecule has 1 heterocycles. The monoisotopic (exact) mass is 378 g/mol. The molecule has 1 aliphatic heterocycles. The van der Waals surface area contributed by atoms with E-state index in [4.69, 9.17) is 14.2 Å². The first-order valence-corrected chi connectivity index (χ1v) is 9.75. The summed E-state index contributed by atoms with van der Waals surface area (Å²) >= 11 is 0. The van der Waals surface area contributed by atoms with Crippen LogP contribution in [0.25, 0.3) is 0 Å². The Labute approximate surface area is 163 Å². The summed E-state index contributed by atoms with van der Waals surface area (Å²) in [7, 11) is 3.36. The van der Waals surface area contributed by atoms with Gasteiger partial charge in [0.25, 0.3) is 0 Å². The number of nitrogens with zero attached hydrogens (tertiary/aromatic N) is 2. The minimum atomic E-state index is 0.391. The molecule has 2 rings (SSSR count). The third kappa shape index (κ3) is 7.27. The lowest BCUT2D eigenvalue weighted by Gasteiger charge is -2.19. The molecule has 0 amide bonds. The lowest BCUT2D eigenvalue weighted by Crippen LogP contribution is -2.44. The van der Waals surface area contributed by atoms with Gasteiger partial charge in [-0.25, -0.2) is 0 Å². The first-order chi connectivity index (χ1) is 13.2. The van der Waals surface area contributed by atoms with Crippen LogP contribution in [0.15, 0.2) is 23.2 Å². The Hall–Kier alpha value is -1.99. The molecule has 0 spiro atoms. The molecular formula is C20H34N4O3. The lowest BCUT2D eigenvalue weighted by molar-refractivity contribution is 0.155. The highest BCUT2D eigenvalue weighted by atomic mass is 16.5. The van der Waals surface area contributed by atoms with E-state index < -0.39 is 0 Å². The van der Waals surface area contributed by atoms with Gasteiger partial charge in [0.2, 0.25) is 0 Å². The predicted molar refractivity (Wildman–Crippen MR) is 109 cm³/mol. The first-order valence-electron chi connectivity index (χ1n) is 9.75. The number of guanidine groups is 1. The second kappa shape index (κ2) is 11.7. The average molecular weight is 379 g/mol. The highest BCUT2D eigenvalue weighted by Crippen LogP contribution is 2.24. The van der Waals surface area contributed by atoms with E-state index in [0.29, 0.717) is 19.2 Å². The Morgan fingerprint density at radius 2 is 1.93 bits per heavy atom. The molecule has 0 aromatic heterocycles. The Morgan fingerprint density at radius 3 is 2.56 bits per heavy atom. The van der Waals surface area contributed by atoms with Crippen LogP contribution in [0.4, 0.5) is 0 Å². The molecule has 0 aliphatic carbocycles. The molecule has 7 nitrogen and oxygen atoms in total. The highest BCUT2D eigenvalue weighted by Gasteiger charge is 2.23. The smallest absolute Gasteiger partial charge is 0.191 e. The number of likely N-dealkylation sites (tertiary alicyclic amines) is 1. The number of aliphatic imine (C=N–C) groups is 1. The van der Waals surface area contributed by atoms with Crippen LogP contribution in [0, 0.1) is 0 Å². The molecule has 1 aliphatic rings. The molecule has 1 fully saturated rings. The third-order valence-electron chi connectivity index (χ3n) is 4.48. The van der Waals surface area contributed by atoms with Crippen LogP contribution < -0.4 is 20.1 Å². The molecule has 0 radical (unpaired) electrons. The van der Waals surface area contributed by atoms with Crippen LogP contribution in [-0.2, 0) is 11.3 Å². The molecule has 0 saturated carbocycles. The summed E-state index contributed by atoms with van der Waals surface area (Å²) in [5.41, 5.74) is 1.20. The largest absolute Gasteiger partial charge is 0.497 e. The van der Waals surface area contributed by atoms with E-state index in [1.165, 1.54) is 5.56 Å². The van der Waals surface area contributed by atoms with Crippen LogP contribution in [0.1, 0.15) is 25.8 Å². The maximum atomic E-state index is 5.37. The van der Waals surface area contributed by atoms with Crippen molar-refractivity contribution < 1.29 is 14.2 Å². The van der Waals surface area contributed by atoms with Crippen molar-refractivity contribution in [2.24, 2.45) is 4.99 Å². The van der Waals surface area contributed by atoms with Crippen molar-refractivity contribution in [1.29, 1.82) is 0 Å². The fraction of sp³-hybridized carbons (Fsp3) is 0.650. The zero-order valence-corrected chi connectivity index (χ0v) is 17.1. The first kappa shape index (κ1) is 21.3. The van der Waals surface area contributed by atoms with Gasteiger partial charge in [0.1, 0.15) is 11.5 Å². The predicted octanol–water partition coefficient (Wildman–Crippen LogP) is 1.87. The summed E-state index contributed by atoms with van der Waals surface area (Å²) in [5.74, 6) is 2.52. The van der Waals surface area contributed by atoms with Crippen molar-refractivity contribution in [1.82, 2.24) is 15.5 Å². The molecule has 1 aromatic rings. The average Bonchev–Trinajstić information content (AvgIpc) is 3.11. The van der Waals surface area contributed by atoms with Crippen LogP contribution >= 0.6 is 0 Å². The second-order valence-electron chi connectivity index (χ2n) is 6.54. The molecule has 1 unspecified atom stereocenters. The van der Waals surface area contributed by atoms with E-state index in [2.05, 4.69) is 39.6 Å². The lowest BCUT2D eigenvalue weighted by atomic mass is 10.2. The van der Waals surface area contributed by atoms with Crippen LogP contribution in [-0.4, -0.2) is 70.5 Å². The normalized spacial score (nSPS) is 17.8. The third-order valence-corrected chi connectivity index (χ3v) is 4.48. The van der Waals surface area contributed by atoms with Gasteiger partial charge in [-0.05, 0) is 38.0 Å². The van der Waals surface area contributed by atoms with Crippen molar-refractivity contribution in [2.45, 2.75) is 32.9 Å². The number of nitrogens with one attached hydrogen (secondary N) is 2. The summed E-state index contributed by atoms with van der Waals surface area (Å²) in [4.78, 5) is 7.03. The van der Waals surface area contributed by atoms with Crippen molar-refractivity contribution in [3.8, 4) is 11.5 Å². The standard InChI is InChI=1S/C20H34N4O3/c1-5-21-20(22-8-10-27-6-2)23-17-7-9-24(15-17)14-16-11-18(25-3)13-19(12-16)26-4/h11-13,17H,5-10,14-15H2,1-4H3,(H2,21,22,23). The van der Waals surface area contributed by atoms with E-state index >= 15 is 0 Å². The Morgan fingerprint density at radius 1 is 1.19 bits per heavy atom. The molecule has 1 aromatic carbocycles. The Balaban J connectivity index is 1.88. The fourth-order valence-corrected chi connectivity index (χ4v) is 3.19. The van der Waals surface area contributed by atoms with E-state index in [0.717, 1.165) is 56.7 Å². The highest BCUT2D eigenvalue weighted by molar-refractivity contribution is 5.80. The summed E-state index contributed by atoms with van der Waals surface area (Å²) in [6.07, 6.45) is 1.09. The van der Waals surface area contributed by atoms with Crippen LogP contribution in [0.2, 0.25) is 0 Å². The summed E-state index contributed by atoms with van der Waals surface area (Å²) in [5, 5.41) is 6.86. The Kier molecular flexibility index (Phi) is 9.21. The second-order valence-corrected chi connectivity index (χ2v) is 6.54. The number of hydrogen-bond acceptors (Lipinski definition) is 5. The summed E-state index contributed by atoms with van der Waals surface area (Å²) in [6.45, 7) is 9.89. The molecule has 2 N–H and O–H groups in total. The fourth-order valence-electron chi connectivity index (χ4n) is 3.19. The van der Waals surface area contributed by atoms with E-state index in [-0.39, 0.29) is 0 Å². The molecule has 1 atom stereocenters. The van der Waals surface area contributed by atoms with Gasteiger partial charge < -0.3 is 24.8 Å². The zero-order chi connectivity index (χ0) is 19.5. The van der Waals surface area contributed by atoms with Gasteiger partial charge in [0, 0.05) is 44.9 Å². The number of benzene rings is 1. The number of ether oxygens (including phenoxy) is 3. The van der Waals surface area contributed by atoms with E-state index in [1.807, 2.05) is 13.0 Å². The topological polar surface area (TPSA) is 67.4 Å². The van der Waals surface area contributed by atoms with Crippen molar-refractivity contribution in [3.05, 3.63) is 23.8 Å². The van der Waals surface area contributed by atoms with Crippen LogP contribution in [0.5, 0.6) is 11.5 Å². The number of rotatable bonds is 10. The summed E-state index contributed by atoms with van der Waals surface area (Å²) in [6, 6.07) is 6.44. The number of hydrogen-bond donors (Lipinski definition) is 2. The van der Waals surface area contributed by atoms with Crippen molar-refractivity contribution >= 4 is 5.96 Å². The maximum Gasteiger partial charge on any atom is 0.191 e. The molecule has 7 heteroatoms. The quantitative estimate of drug-likeness (QED) is 0.368. The minimum Gasteiger partial charge on any atom is -0.497 e. The molecule has 152 valence electrons. The van der Waals surface area contributed by atoms with Gasteiger partial charge in [0.15, 0.2) is 5.96 Å². The van der Waals surface area contributed by atoms with Gasteiger partial charge in [-0.1, -0.05) is 0 Å². The molecule has 27 heavy (non-hydrogen) atoms. The SMILES string of the molecule is CCNC(=NCCOCC)NC1CCN(Cc2cc(OC)cc(OC)c2)C1. The minimum absolute atomic E-state index is 0.391. The molecule has 0 bridgehead atoms. The van der Waals surface area contributed by atoms with Crippen LogP contribution in [0.3, 0.4) is 0 Å². The van der Waals surface area contributed by atoms with Gasteiger partial charge in [-0.2, -0.15) is 0 Å². The van der Waals surface area contributed by atoms with Gasteiger partial charge in [-0.15, -0.1) is 0 Å². The number of methoxy groups -OCH3 is 2. The van der Waals surface area contributed by atoms with Gasteiger partial charge in [0.05, 0.1) is 27.4 Å². The van der Waals surface area contributed by atoms with Crippen molar-refractivity contribution in [3.63, 3.8) is 0 Å². The van der Waals surface area contributed by atoms with E-state index in [1.54, 1.807) is 14.2 Å². The molecular weight excluding hydrogens is 344 g/mol. The van der Waals surface area contributed by atoms with E-state index in [9.17, 15) is 0 Å². The summed E-state index contributed by atoms with van der Waals surface area (Å²) < 4.78 is 16.1. The molecule has 1 saturated heterocycles. The van der Waals surface area contributed by atoms with Gasteiger partial charge in [-0.3, -0.25) is 9.89 Å². The zero-order valence-electron chi connectivity index (χ0n) is 17.1. The maximum absolute atomic E-state index is 5.37.